The molecule has 1 aliphatic heterocycles. The van der Waals surface area contributed by atoms with E-state index in [1.54, 1.807) is 0 Å². The molecule has 1 aromatic rings. The zero-order chi connectivity index (χ0) is 9.26. The number of amides is 1. The van der Waals surface area contributed by atoms with E-state index in [0.717, 1.165) is 17.0 Å². The Morgan fingerprint density at radius 1 is 1.54 bits per heavy atom. The lowest BCUT2D eigenvalue weighted by atomic mass is 10.1. The van der Waals surface area contributed by atoms with Crippen LogP contribution in [0, 0.1) is 0 Å². The van der Waals surface area contributed by atoms with Gasteiger partial charge in [-0.25, -0.2) is 0 Å². The number of nitrogens with one attached hydrogen (secondary N) is 1. The number of fused-ring (bicyclic) bond motifs is 1. The summed E-state index contributed by atoms with van der Waals surface area (Å²) in [5, 5.41) is 2.74. The number of rotatable bonds is 1. The van der Waals surface area contributed by atoms with Gasteiger partial charge in [-0.05, 0) is 18.2 Å². The number of anilines is 1. The van der Waals surface area contributed by atoms with Crippen molar-refractivity contribution in [1.82, 2.24) is 0 Å². The molecule has 2 rings (SSSR count). The molecule has 1 heterocycles. The summed E-state index contributed by atoms with van der Waals surface area (Å²) < 4.78 is 5.20. The van der Waals surface area contributed by atoms with Crippen LogP contribution >= 0.6 is 0 Å². The quantitative estimate of drug-likeness (QED) is 0.624. The second-order valence-electron chi connectivity index (χ2n) is 2.92. The summed E-state index contributed by atoms with van der Waals surface area (Å²) in [6.45, 7) is 0.819. The number of quaternary nitrogens is 1. The van der Waals surface area contributed by atoms with Crippen molar-refractivity contribution in [3.05, 3.63) is 23.8 Å². The summed E-state index contributed by atoms with van der Waals surface area (Å²) in [5.41, 5.74) is 5.61. The maximum absolute atomic E-state index is 11.0. The lowest BCUT2D eigenvalue weighted by Gasteiger charge is -2.17. The fourth-order valence-electron chi connectivity index (χ4n) is 1.29. The Kier molecular flexibility index (Phi) is 1.90. The van der Waals surface area contributed by atoms with Gasteiger partial charge in [0.1, 0.15) is 5.75 Å². The summed E-state index contributed by atoms with van der Waals surface area (Å²) in [6.07, 6.45) is 0. The molecule has 0 aliphatic carbocycles. The number of carbonyl (C=O) groups excluding carboxylic acids is 1. The summed E-state index contributed by atoms with van der Waals surface area (Å²) >= 11 is 0. The third kappa shape index (κ3) is 1.48. The standard InChI is InChI=1S/C9H10N2O2/c10-4-6-1-2-8-7(3-6)11-9(12)5-13-8/h1-3H,4-5,10H2,(H,11,12)/p+1. The number of carbonyl (C=O) groups is 1. The topological polar surface area (TPSA) is 66.0 Å². The molecule has 68 valence electrons. The van der Waals surface area contributed by atoms with Crippen LogP contribution in [-0.2, 0) is 11.3 Å². The lowest BCUT2D eigenvalue weighted by Crippen LogP contribution is -2.47. The van der Waals surface area contributed by atoms with Crippen molar-refractivity contribution >= 4 is 11.6 Å². The number of benzene rings is 1. The Morgan fingerprint density at radius 3 is 3.15 bits per heavy atom. The Morgan fingerprint density at radius 2 is 2.38 bits per heavy atom. The molecule has 0 fully saturated rings. The molecule has 0 saturated heterocycles. The highest BCUT2D eigenvalue weighted by Gasteiger charge is 2.15. The third-order valence-electron chi connectivity index (χ3n) is 1.97. The van der Waals surface area contributed by atoms with Crippen LogP contribution in [0.15, 0.2) is 18.2 Å². The van der Waals surface area contributed by atoms with Gasteiger partial charge < -0.3 is 15.8 Å². The molecule has 13 heavy (non-hydrogen) atoms. The van der Waals surface area contributed by atoms with Gasteiger partial charge in [-0.15, -0.1) is 0 Å². The van der Waals surface area contributed by atoms with E-state index < -0.39 is 0 Å². The fourth-order valence-corrected chi connectivity index (χ4v) is 1.29. The van der Waals surface area contributed by atoms with Crippen LogP contribution < -0.4 is 15.8 Å². The molecule has 1 amide bonds. The number of hydrogen-bond donors (Lipinski definition) is 2. The SMILES string of the molecule is [NH3+]Cc1ccc2c(c1)NC(=O)CO2. The van der Waals surface area contributed by atoms with Gasteiger partial charge in [-0.1, -0.05) is 0 Å². The van der Waals surface area contributed by atoms with Crippen molar-refractivity contribution < 1.29 is 15.3 Å². The highest BCUT2D eigenvalue weighted by Crippen LogP contribution is 2.27. The molecule has 1 aliphatic rings. The summed E-state index contributed by atoms with van der Waals surface area (Å²) in [7, 11) is 0. The van der Waals surface area contributed by atoms with Crippen molar-refractivity contribution in [1.29, 1.82) is 0 Å². The van der Waals surface area contributed by atoms with Gasteiger partial charge in [-0.3, -0.25) is 4.79 Å². The first-order valence-corrected chi connectivity index (χ1v) is 4.14. The van der Waals surface area contributed by atoms with Gasteiger partial charge in [0, 0.05) is 5.56 Å². The van der Waals surface area contributed by atoms with Crippen molar-refractivity contribution in [3.8, 4) is 5.75 Å². The molecule has 0 saturated carbocycles. The van der Waals surface area contributed by atoms with Crippen molar-refractivity contribution in [2.75, 3.05) is 11.9 Å². The molecule has 4 N–H and O–H groups in total. The van der Waals surface area contributed by atoms with Crippen LogP contribution in [0.2, 0.25) is 0 Å². The molecule has 1 aromatic carbocycles. The maximum atomic E-state index is 11.0. The van der Waals surface area contributed by atoms with E-state index in [9.17, 15) is 4.79 Å². The number of ether oxygens (including phenoxy) is 1. The van der Waals surface area contributed by atoms with Gasteiger partial charge in [-0.2, -0.15) is 0 Å². The highest BCUT2D eigenvalue weighted by atomic mass is 16.5. The molecule has 4 heteroatoms. The van der Waals surface area contributed by atoms with Crippen LogP contribution in [0.4, 0.5) is 5.69 Å². The molecular weight excluding hydrogens is 168 g/mol. The van der Waals surface area contributed by atoms with Gasteiger partial charge >= 0.3 is 0 Å². The first kappa shape index (κ1) is 8.07. The Bertz CT molecular complexity index is 349. The Hall–Kier alpha value is -1.55. The molecule has 0 radical (unpaired) electrons. The second-order valence-corrected chi connectivity index (χ2v) is 2.92. The van der Waals surface area contributed by atoms with Crippen LogP contribution in [0.5, 0.6) is 5.75 Å². The van der Waals surface area contributed by atoms with E-state index in [4.69, 9.17) is 4.74 Å². The maximum Gasteiger partial charge on any atom is 0.262 e. The van der Waals surface area contributed by atoms with Gasteiger partial charge in [0.15, 0.2) is 6.61 Å². The fraction of sp³-hybridized carbons (Fsp3) is 0.222. The van der Waals surface area contributed by atoms with Crippen LogP contribution in [-0.4, -0.2) is 12.5 Å². The molecule has 0 spiro atoms. The lowest BCUT2D eigenvalue weighted by molar-refractivity contribution is -0.386. The smallest absolute Gasteiger partial charge is 0.262 e. The van der Waals surface area contributed by atoms with E-state index in [-0.39, 0.29) is 12.5 Å². The minimum Gasteiger partial charge on any atom is -0.482 e. The van der Waals surface area contributed by atoms with Gasteiger partial charge in [0.2, 0.25) is 0 Å². The second kappa shape index (κ2) is 3.06. The van der Waals surface area contributed by atoms with E-state index in [1.807, 2.05) is 18.2 Å². The molecule has 0 unspecified atom stereocenters. The predicted octanol–water partition coefficient (Wildman–Crippen LogP) is -0.241. The molecule has 0 atom stereocenters. The van der Waals surface area contributed by atoms with Crippen LogP contribution in [0.3, 0.4) is 0 Å². The van der Waals surface area contributed by atoms with E-state index in [1.165, 1.54) is 0 Å². The number of hydrogen-bond acceptors (Lipinski definition) is 2. The van der Waals surface area contributed by atoms with Crippen LogP contribution in [0.25, 0.3) is 0 Å². The monoisotopic (exact) mass is 179 g/mol. The van der Waals surface area contributed by atoms with Gasteiger partial charge in [0.05, 0.1) is 12.2 Å². The van der Waals surface area contributed by atoms with Crippen LogP contribution in [0.1, 0.15) is 5.56 Å². The van der Waals surface area contributed by atoms with Crippen molar-refractivity contribution in [2.45, 2.75) is 6.54 Å². The van der Waals surface area contributed by atoms with Gasteiger partial charge in [0.25, 0.3) is 5.91 Å². The minimum atomic E-state index is -0.103. The highest BCUT2D eigenvalue weighted by molar-refractivity contribution is 5.95. The Balaban J connectivity index is 2.38. The summed E-state index contributed by atoms with van der Waals surface area (Å²) in [4.78, 5) is 11.0. The predicted molar refractivity (Wildman–Crippen MR) is 47.2 cm³/mol. The zero-order valence-electron chi connectivity index (χ0n) is 7.17. The normalized spacial score (nSPS) is 14.4. The average molecular weight is 179 g/mol. The summed E-state index contributed by atoms with van der Waals surface area (Å²) in [5.74, 6) is 0.630. The van der Waals surface area contributed by atoms with Crippen molar-refractivity contribution in [2.24, 2.45) is 0 Å². The zero-order valence-corrected chi connectivity index (χ0v) is 7.17. The summed E-state index contributed by atoms with van der Waals surface area (Å²) in [6, 6.07) is 5.69. The average Bonchev–Trinajstić information content (AvgIpc) is 2.16. The van der Waals surface area contributed by atoms with E-state index >= 15 is 0 Å². The van der Waals surface area contributed by atoms with Crippen molar-refractivity contribution in [3.63, 3.8) is 0 Å². The van der Waals surface area contributed by atoms with E-state index in [0.29, 0.717) is 6.54 Å². The first-order chi connectivity index (χ1) is 6.29. The molecule has 4 nitrogen and oxygen atoms in total. The third-order valence-corrected chi connectivity index (χ3v) is 1.97. The first-order valence-electron chi connectivity index (χ1n) is 4.14. The Labute approximate surface area is 75.7 Å². The molecule has 0 bridgehead atoms. The molecular formula is C9H11N2O2+. The largest absolute Gasteiger partial charge is 0.482 e. The molecule has 0 aromatic heterocycles. The minimum absolute atomic E-state index is 0.103. The van der Waals surface area contributed by atoms with E-state index in [2.05, 4.69) is 11.1 Å².